The first-order valence-electron chi connectivity index (χ1n) is 19.5. The number of anilines is 2. The summed E-state index contributed by atoms with van der Waals surface area (Å²) in [5.41, 5.74) is 7.50. The van der Waals surface area contributed by atoms with Crippen LogP contribution in [-0.2, 0) is 49.6 Å². The molecule has 0 atom stereocenters. The minimum atomic E-state index is -0.699. The molecule has 13 nitrogen and oxygen atoms in total. The molecule has 0 unspecified atom stereocenters. The molecule has 1 saturated carbocycles. The number of aromatic nitrogens is 4. The second-order valence-electron chi connectivity index (χ2n) is 15.5. The molecule has 4 aromatic rings. The Bertz CT molecular complexity index is 2130. The summed E-state index contributed by atoms with van der Waals surface area (Å²) in [5, 5.41) is 15.9. The number of rotatable bonds is 8. The third-order valence-electron chi connectivity index (χ3n) is 12.4. The van der Waals surface area contributed by atoms with Crippen LogP contribution in [0.4, 0.5) is 11.4 Å². The molecule has 2 aromatic carbocycles. The molecular formula is C41H49ClN8O5. The fourth-order valence-corrected chi connectivity index (χ4v) is 9.40. The maximum absolute atomic E-state index is 13.7. The Morgan fingerprint density at radius 2 is 1.25 bits per heavy atom. The molecule has 14 heteroatoms. The summed E-state index contributed by atoms with van der Waals surface area (Å²) < 4.78 is 9.36. The maximum Gasteiger partial charge on any atom is 0.306 e. The van der Waals surface area contributed by atoms with Gasteiger partial charge in [-0.05, 0) is 68.7 Å². The molecular weight excluding hydrogens is 720 g/mol. The lowest BCUT2D eigenvalue weighted by Gasteiger charge is -2.37. The van der Waals surface area contributed by atoms with Gasteiger partial charge in [-0.15, -0.1) is 0 Å². The van der Waals surface area contributed by atoms with Crippen LogP contribution in [0.15, 0.2) is 36.4 Å². The monoisotopic (exact) mass is 768 g/mol. The first-order chi connectivity index (χ1) is 26.6. The maximum atomic E-state index is 13.7. The van der Waals surface area contributed by atoms with Crippen molar-refractivity contribution in [1.29, 1.82) is 0 Å². The van der Waals surface area contributed by atoms with Crippen LogP contribution < -0.4 is 10.6 Å². The van der Waals surface area contributed by atoms with Crippen LogP contribution in [0.1, 0.15) is 88.1 Å². The number of hydrogen-bond donors (Lipinski definition) is 3. The van der Waals surface area contributed by atoms with Crippen molar-refractivity contribution < 1.29 is 24.2 Å². The van der Waals surface area contributed by atoms with E-state index in [0.717, 1.165) is 111 Å². The van der Waals surface area contributed by atoms with E-state index in [1.807, 2.05) is 60.5 Å². The quantitative estimate of drug-likeness (QED) is 0.202. The van der Waals surface area contributed by atoms with Crippen LogP contribution in [-0.4, -0.2) is 90.2 Å². The molecule has 1 saturated heterocycles. The Morgan fingerprint density at radius 3 is 1.82 bits per heavy atom. The average molecular weight is 769 g/mol. The number of imidazole rings is 2. The third-order valence-corrected chi connectivity index (χ3v) is 12.8. The van der Waals surface area contributed by atoms with E-state index >= 15 is 0 Å². The summed E-state index contributed by atoms with van der Waals surface area (Å²) >= 11 is 7.03. The lowest BCUT2D eigenvalue weighted by molar-refractivity contribution is -0.143. The number of halogens is 1. The van der Waals surface area contributed by atoms with E-state index in [1.165, 1.54) is 0 Å². The Hall–Kier alpha value is -4.56. The Kier molecular flexibility index (Phi) is 10.5. The van der Waals surface area contributed by atoms with Crippen molar-refractivity contribution in [3.05, 3.63) is 81.4 Å². The Labute approximate surface area is 326 Å². The Morgan fingerprint density at radius 1 is 0.745 bits per heavy atom. The number of fused-ring (bicyclic) bond motifs is 2. The third kappa shape index (κ3) is 7.30. The molecule has 8 rings (SSSR count). The molecule has 55 heavy (non-hydrogen) atoms. The summed E-state index contributed by atoms with van der Waals surface area (Å²) in [4.78, 5) is 53.4. The van der Waals surface area contributed by atoms with Gasteiger partial charge in [0.15, 0.2) is 11.6 Å². The summed E-state index contributed by atoms with van der Waals surface area (Å²) in [6.07, 6.45) is 6.78. The molecule has 2 aromatic heterocycles. The highest BCUT2D eigenvalue weighted by Crippen LogP contribution is 2.38. The molecule has 0 radical (unpaired) electrons. The number of nitrogens with one attached hydrogen (secondary N) is 2. The van der Waals surface area contributed by atoms with Crippen molar-refractivity contribution in [3.8, 4) is 11.1 Å². The second-order valence-corrected chi connectivity index (χ2v) is 15.8. The number of carboxylic acids is 1. The number of amides is 2. The largest absolute Gasteiger partial charge is 0.481 e. The number of carbonyl (C=O) groups is 3. The standard InChI is InChI=1S/C41H49ClN8O5/c1-24-28(6-4-8-30(24)45-39(51)37-43-33-23-50(19-15-35(33)47(37)2)27-16-20-55-21-17-27)29-7-5-9-31(36(29)42)46-40(52)38-44-32-22-49(18-14-34(32)48(38)3)26-12-10-25(11-13-26)41(53)54/h4-9,25-27H,10-23H2,1-3H3,(H,45,51)(H,46,52)(H,53,54). The van der Waals surface area contributed by atoms with E-state index in [1.54, 1.807) is 6.07 Å². The zero-order valence-electron chi connectivity index (χ0n) is 31.7. The number of nitrogens with zero attached hydrogens (tertiary/aromatic N) is 6. The van der Waals surface area contributed by atoms with Crippen LogP contribution >= 0.6 is 11.6 Å². The van der Waals surface area contributed by atoms with Gasteiger partial charge in [0.25, 0.3) is 11.8 Å². The van der Waals surface area contributed by atoms with Gasteiger partial charge in [0.05, 0.1) is 28.0 Å². The minimum absolute atomic E-state index is 0.252. The van der Waals surface area contributed by atoms with E-state index in [9.17, 15) is 19.5 Å². The normalized spacial score (nSPS) is 20.8. The number of carboxylic acid groups (broad SMARTS) is 1. The molecule has 290 valence electrons. The molecule has 0 bridgehead atoms. The molecule has 3 N–H and O–H groups in total. The van der Waals surface area contributed by atoms with E-state index in [0.29, 0.717) is 59.5 Å². The van der Waals surface area contributed by atoms with Crippen molar-refractivity contribution in [2.75, 3.05) is 36.9 Å². The first-order valence-corrected chi connectivity index (χ1v) is 19.8. The van der Waals surface area contributed by atoms with Crippen LogP contribution in [0.3, 0.4) is 0 Å². The predicted octanol–water partition coefficient (Wildman–Crippen LogP) is 5.83. The van der Waals surface area contributed by atoms with Gasteiger partial charge in [0.2, 0.25) is 0 Å². The number of benzene rings is 2. The molecule has 5 heterocycles. The van der Waals surface area contributed by atoms with Crippen LogP contribution in [0, 0.1) is 12.8 Å². The van der Waals surface area contributed by atoms with Gasteiger partial charge >= 0.3 is 5.97 Å². The number of aliphatic carboxylic acids is 1. The SMILES string of the molecule is Cc1c(NC(=O)c2nc3c(n2C)CCN(C2CCOCC2)C3)cccc1-c1cccc(NC(=O)c2nc3c(n2C)CCN(C2CCC(C(=O)O)CC2)C3)c1Cl. The molecule has 2 fully saturated rings. The van der Waals surface area contributed by atoms with Crippen LogP contribution in [0.25, 0.3) is 11.1 Å². The van der Waals surface area contributed by atoms with Crippen molar-refractivity contribution in [1.82, 2.24) is 28.9 Å². The van der Waals surface area contributed by atoms with Gasteiger partial charge in [0.1, 0.15) is 0 Å². The lowest BCUT2D eigenvalue weighted by Crippen LogP contribution is -2.42. The highest BCUT2D eigenvalue weighted by atomic mass is 35.5. The summed E-state index contributed by atoms with van der Waals surface area (Å²) in [6.45, 7) is 6.70. The van der Waals surface area contributed by atoms with E-state index in [2.05, 4.69) is 20.4 Å². The summed E-state index contributed by atoms with van der Waals surface area (Å²) in [6, 6.07) is 12.1. The fraction of sp³-hybridized carbons (Fsp3) is 0.488. The van der Waals surface area contributed by atoms with Crippen molar-refractivity contribution in [2.24, 2.45) is 20.0 Å². The van der Waals surface area contributed by atoms with E-state index in [-0.39, 0.29) is 17.7 Å². The molecule has 4 aliphatic rings. The number of hydrogen-bond acceptors (Lipinski definition) is 8. The van der Waals surface area contributed by atoms with E-state index in [4.69, 9.17) is 26.3 Å². The first kappa shape index (κ1) is 37.4. The molecule has 1 aliphatic carbocycles. The van der Waals surface area contributed by atoms with E-state index < -0.39 is 5.97 Å². The number of ether oxygens (including phenoxy) is 1. The van der Waals surface area contributed by atoms with Crippen LogP contribution in [0.2, 0.25) is 5.02 Å². The molecule has 2 amide bonds. The number of carbonyl (C=O) groups excluding carboxylic acids is 2. The second kappa shape index (κ2) is 15.5. The molecule has 0 spiro atoms. The predicted molar refractivity (Wildman–Crippen MR) is 209 cm³/mol. The fourth-order valence-electron chi connectivity index (χ4n) is 9.12. The zero-order chi connectivity index (χ0) is 38.4. The van der Waals surface area contributed by atoms with Gasteiger partial charge in [-0.3, -0.25) is 24.2 Å². The minimum Gasteiger partial charge on any atom is -0.481 e. The van der Waals surface area contributed by atoms with Gasteiger partial charge in [-0.25, -0.2) is 9.97 Å². The highest BCUT2D eigenvalue weighted by Gasteiger charge is 2.34. The van der Waals surface area contributed by atoms with Crippen LogP contribution in [0.5, 0.6) is 0 Å². The van der Waals surface area contributed by atoms with Crippen molar-refractivity contribution >= 4 is 40.8 Å². The zero-order valence-corrected chi connectivity index (χ0v) is 32.5. The lowest BCUT2D eigenvalue weighted by atomic mass is 9.85. The van der Waals surface area contributed by atoms with Crippen molar-refractivity contribution in [2.45, 2.75) is 83.5 Å². The van der Waals surface area contributed by atoms with Gasteiger partial charge in [-0.2, -0.15) is 0 Å². The Balaban J connectivity index is 0.954. The summed E-state index contributed by atoms with van der Waals surface area (Å²) in [7, 11) is 3.79. The summed E-state index contributed by atoms with van der Waals surface area (Å²) in [5.74, 6) is -0.869. The topological polar surface area (TPSA) is 147 Å². The van der Waals surface area contributed by atoms with Gasteiger partial charge < -0.3 is 29.6 Å². The van der Waals surface area contributed by atoms with Crippen molar-refractivity contribution in [3.63, 3.8) is 0 Å². The smallest absolute Gasteiger partial charge is 0.306 e. The van der Waals surface area contributed by atoms with Gasteiger partial charge in [-0.1, -0.05) is 35.9 Å². The average Bonchev–Trinajstić information content (AvgIpc) is 3.72. The molecule has 3 aliphatic heterocycles. The van der Waals surface area contributed by atoms with Gasteiger partial charge in [0, 0.05) is 101 Å². The highest BCUT2D eigenvalue weighted by molar-refractivity contribution is 6.36.